The molecule has 0 saturated heterocycles. The predicted octanol–water partition coefficient (Wildman–Crippen LogP) is 13.5. The van der Waals surface area contributed by atoms with Crippen LogP contribution < -0.4 is 0 Å². The normalized spacial score (nSPS) is 14.3. The van der Waals surface area contributed by atoms with E-state index in [-0.39, 0.29) is 16.2 Å². The molecule has 0 aromatic heterocycles. The van der Waals surface area contributed by atoms with E-state index in [9.17, 15) is 0 Å². The van der Waals surface area contributed by atoms with E-state index in [0.29, 0.717) is 11.8 Å². The van der Waals surface area contributed by atoms with Crippen LogP contribution in [-0.2, 0) is 41.5 Å². The van der Waals surface area contributed by atoms with Gasteiger partial charge in [0.15, 0.2) is 0 Å². The quantitative estimate of drug-likeness (QED) is 0.149. The first kappa shape index (κ1) is 42.9. The van der Waals surface area contributed by atoms with Crippen molar-refractivity contribution in [3.8, 4) is 11.1 Å². The molecule has 0 N–H and O–H groups in total. The molecule has 6 rings (SSSR count). The van der Waals surface area contributed by atoms with Gasteiger partial charge in [-0.05, 0) is 28.4 Å². The molecule has 2 aliphatic rings. The van der Waals surface area contributed by atoms with Gasteiger partial charge in [0.05, 0.1) is 0 Å². The van der Waals surface area contributed by atoms with E-state index in [2.05, 4.69) is 147 Å². The molecule has 0 amide bonds. The maximum absolute atomic E-state index is 5.51. The van der Waals surface area contributed by atoms with Crippen LogP contribution in [0.3, 0.4) is 0 Å². The number of fused-ring (bicyclic) bond motifs is 3. The number of hydrogen-bond donors (Lipinski definition) is 0. The summed E-state index contributed by atoms with van der Waals surface area (Å²) in [6.45, 7) is 24.8. The Labute approximate surface area is 324 Å². The van der Waals surface area contributed by atoms with Crippen molar-refractivity contribution in [1.82, 2.24) is 0 Å². The van der Waals surface area contributed by atoms with Gasteiger partial charge in [0, 0.05) is 0 Å². The van der Waals surface area contributed by atoms with Gasteiger partial charge < -0.3 is 0 Å². The molecule has 1 atom stereocenters. The average molecular weight is 769 g/mol. The van der Waals surface area contributed by atoms with Gasteiger partial charge in [-0.3, -0.25) is 6.08 Å². The molecule has 0 saturated carbocycles. The maximum atomic E-state index is 5.51. The molecule has 0 heterocycles. The summed E-state index contributed by atoms with van der Waals surface area (Å²) in [4.78, 5) is 0. The summed E-state index contributed by atoms with van der Waals surface area (Å²) in [5.74, 6) is 1.22. The molecule has 0 aliphatic heterocycles. The fourth-order valence-electron chi connectivity index (χ4n) is 5.10. The second-order valence-corrected chi connectivity index (χ2v) is 16.6. The first-order valence-electron chi connectivity index (χ1n) is 17.0. The zero-order valence-corrected chi connectivity index (χ0v) is 35.5. The van der Waals surface area contributed by atoms with Crippen LogP contribution >= 0.6 is 23.2 Å². The van der Waals surface area contributed by atoms with Crippen molar-refractivity contribution in [2.45, 2.75) is 93.4 Å². The zero-order chi connectivity index (χ0) is 37.0. The van der Waals surface area contributed by atoms with Crippen molar-refractivity contribution in [2.24, 2.45) is 17.3 Å². The van der Waals surface area contributed by atoms with Crippen LogP contribution in [-0.4, -0.2) is 4.21 Å². The summed E-state index contributed by atoms with van der Waals surface area (Å²) in [7, 11) is 0. The van der Waals surface area contributed by atoms with Crippen LogP contribution in [0, 0.1) is 41.5 Å². The molecule has 2 aliphatic carbocycles. The van der Waals surface area contributed by atoms with Gasteiger partial charge in [-0.2, -0.15) is 119 Å². The van der Waals surface area contributed by atoms with E-state index in [1.807, 2.05) is 36.4 Å². The van der Waals surface area contributed by atoms with E-state index < -0.39 is 0 Å². The monoisotopic (exact) mass is 766 g/mol. The summed E-state index contributed by atoms with van der Waals surface area (Å²) in [5.41, 5.74) is 10.4. The Bertz CT molecular complexity index is 1540. The Hall–Kier alpha value is -2.31. The minimum atomic E-state index is 0.167. The van der Waals surface area contributed by atoms with Gasteiger partial charge in [-0.1, -0.05) is 127 Å². The van der Waals surface area contributed by atoms with E-state index in [1.54, 1.807) is 12.1 Å². The Morgan fingerprint density at radius 2 is 1.29 bits per heavy atom. The Morgan fingerprint density at radius 3 is 1.65 bits per heavy atom. The van der Waals surface area contributed by atoms with Gasteiger partial charge in [-0.25, -0.2) is 6.08 Å². The predicted molar refractivity (Wildman–Crippen MR) is 212 cm³/mol. The second kappa shape index (κ2) is 19.3. The summed E-state index contributed by atoms with van der Waals surface area (Å²) >= 11 is 12.3. The third-order valence-corrected chi connectivity index (χ3v) is 8.65. The van der Waals surface area contributed by atoms with Gasteiger partial charge in [0.25, 0.3) is 0 Å². The topological polar surface area (TPSA) is 0 Å². The Kier molecular flexibility index (Phi) is 16.9. The van der Waals surface area contributed by atoms with Crippen molar-refractivity contribution in [1.29, 1.82) is 0 Å². The average Bonchev–Trinajstić information content (AvgIpc) is 3.69. The number of hydrogen-bond acceptors (Lipinski definition) is 0. The number of rotatable bonds is 1. The number of benzene rings is 4. The molecule has 0 spiro atoms. The molecule has 0 radical (unpaired) electrons. The summed E-state index contributed by atoms with van der Waals surface area (Å²) in [5, 5.41) is 1.48. The van der Waals surface area contributed by atoms with Crippen LogP contribution in [0.4, 0.5) is 0 Å². The summed E-state index contributed by atoms with van der Waals surface area (Å²) < 4.78 is 3.34. The van der Waals surface area contributed by atoms with Crippen LogP contribution in [0.2, 0.25) is 10.0 Å². The van der Waals surface area contributed by atoms with Gasteiger partial charge in [0.2, 0.25) is 0 Å². The molecule has 49 heavy (non-hydrogen) atoms. The van der Waals surface area contributed by atoms with Gasteiger partial charge >= 0.3 is 28.4 Å². The van der Waals surface area contributed by atoms with E-state index in [0.717, 1.165) is 16.5 Å². The molecule has 0 nitrogen and oxygen atoms in total. The van der Waals surface area contributed by atoms with Gasteiger partial charge in [-0.15, -0.1) is 11.1 Å². The first-order valence-corrected chi connectivity index (χ1v) is 19.5. The number of halogens is 2. The van der Waals surface area contributed by atoms with Crippen LogP contribution in [0.25, 0.3) is 11.1 Å². The van der Waals surface area contributed by atoms with E-state index >= 15 is 0 Å². The minimum absolute atomic E-state index is 0.167. The third kappa shape index (κ3) is 14.1. The Morgan fingerprint density at radius 1 is 0.735 bits per heavy atom. The van der Waals surface area contributed by atoms with Crippen molar-refractivity contribution >= 4 is 27.4 Å². The van der Waals surface area contributed by atoms with Crippen molar-refractivity contribution in [3.63, 3.8) is 0 Å². The number of allylic oxidation sites excluding steroid dienone is 4. The first-order chi connectivity index (χ1) is 22.9. The van der Waals surface area contributed by atoms with Crippen molar-refractivity contribution < 1.29 is 24.2 Å². The fraction of sp³-hybridized carbons (Fsp3) is 0.370. The zero-order valence-electron chi connectivity index (χ0n) is 31.5. The molecular weight excluding hydrogens is 715 g/mol. The standard InChI is InChI=1S/C21H25.C12H19.2C6H4Cl.CH2.Zr/c1-20(2,3)16-7-9-18-14(12-16)11-15-13-17(21(4,5)6)8-10-19(15)18;1-9(2)10-6-7-11(8-10)12(3,4)5;2*7-6-4-2-1-3-5-6;;/h7-10,12H,11H2,1-6H3;7-10H,1-5H3;2*1-2,4-5H;1H2;/q4*-1;;. The Balaban J connectivity index is 0.000000250. The third-order valence-electron chi connectivity index (χ3n) is 8.18. The SMILES string of the molecule is CC(C)(C)c1[c-]c2c(cc1)-c1ccc(C(C)(C)C)cc1C2.CC(C)C1[C-]=CC(C(C)(C)C)=C1.Clc1c[c-]ccc1.Clc1c[c-]ccc1.[CH2]=[Zr]. The molecule has 4 aromatic rings. The van der Waals surface area contributed by atoms with Crippen LogP contribution in [0.15, 0.2) is 96.6 Å². The molecule has 1 unspecified atom stereocenters. The van der Waals surface area contributed by atoms with Crippen molar-refractivity contribution in [3.05, 3.63) is 153 Å². The van der Waals surface area contributed by atoms with E-state index in [4.69, 9.17) is 23.2 Å². The molecule has 0 bridgehead atoms. The molecule has 3 heteroatoms. The summed E-state index contributed by atoms with van der Waals surface area (Å²) in [6.07, 6.45) is 8.93. The molecule has 4 aromatic carbocycles. The van der Waals surface area contributed by atoms with Crippen LogP contribution in [0.5, 0.6) is 0 Å². The fourth-order valence-corrected chi connectivity index (χ4v) is 5.37. The van der Waals surface area contributed by atoms with Crippen LogP contribution in [0.1, 0.15) is 98.4 Å². The molecular formula is C46H54Cl2Zr-4. The molecule has 260 valence electrons. The van der Waals surface area contributed by atoms with Gasteiger partial charge in [0.1, 0.15) is 0 Å². The van der Waals surface area contributed by atoms with E-state index in [1.165, 1.54) is 63.2 Å². The summed E-state index contributed by atoms with van der Waals surface area (Å²) in [6, 6.07) is 35.2. The second-order valence-electron chi connectivity index (χ2n) is 15.7. The molecule has 0 fully saturated rings. The van der Waals surface area contributed by atoms with Crippen molar-refractivity contribution in [2.75, 3.05) is 0 Å².